The molecule has 3 rings (SSSR count). The second kappa shape index (κ2) is 3.73. The molecule has 86 valence electrons. The van der Waals surface area contributed by atoms with Gasteiger partial charge in [0.2, 0.25) is 5.95 Å². The number of aryl methyl sites for hydroxylation is 1. The topological polar surface area (TPSA) is 61.0 Å². The first kappa shape index (κ1) is 10.1. The Bertz CT molecular complexity index is 561. The largest absolute Gasteiger partial charge is 0.493 e. The monoisotopic (exact) mass is 227 g/mol. The zero-order chi connectivity index (χ0) is 11.8. The summed E-state index contributed by atoms with van der Waals surface area (Å²) in [7, 11) is 0. The number of nitrogens with zero attached hydrogens (tertiary/aromatic N) is 2. The molecule has 1 aromatic carbocycles. The standard InChI is InChI=1S/C13H13N3O/c1-8-6-11(16-13(14)15-8)9-2-3-12-10(7-9)4-5-17-12/h2-3,6-7H,4-5H2,1H3,(H2,14,15,16). The summed E-state index contributed by atoms with van der Waals surface area (Å²) in [5.41, 5.74) is 9.70. The molecular formula is C13H13N3O. The van der Waals surface area contributed by atoms with Crippen molar-refractivity contribution in [1.82, 2.24) is 9.97 Å². The van der Waals surface area contributed by atoms with Gasteiger partial charge in [-0.15, -0.1) is 0 Å². The number of nitrogens with two attached hydrogens (primary N) is 1. The van der Waals surface area contributed by atoms with Gasteiger partial charge in [-0.3, -0.25) is 0 Å². The van der Waals surface area contributed by atoms with Gasteiger partial charge < -0.3 is 10.5 Å². The number of ether oxygens (including phenoxy) is 1. The van der Waals surface area contributed by atoms with Crippen molar-refractivity contribution in [2.75, 3.05) is 12.3 Å². The molecule has 1 aromatic heterocycles. The van der Waals surface area contributed by atoms with Crippen LogP contribution in [0.25, 0.3) is 11.3 Å². The van der Waals surface area contributed by atoms with E-state index >= 15 is 0 Å². The third kappa shape index (κ3) is 1.82. The highest BCUT2D eigenvalue weighted by atomic mass is 16.5. The van der Waals surface area contributed by atoms with Gasteiger partial charge in [-0.2, -0.15) is 0 Å². The SMILES string of the molecule is Cc1cc(-c2ccc3c(c2)CCO3)nc(N)n1. The summed E-state index contributed by atoms with van der Waals surface area (Å²) in [6.07, 6.45) is 0.961. The number of anilines is 1. The Balaban J connectivity index is 2.09. The summed E-state index contributed by atoms with van der Waals surface area (Å²) in [5.74, 6) is 1.30. The van der Waals surface area contributed by atoms with Gasteiger partial charge in [0.15, 0.2) is 0 Å². The highest BCUT2D eigenvalue weighted by Crippen LogP contribution is 2.29. The molecule has 0 amide bonds. The first-order chi connectivity index (χ1) is 8.22. The van der Waals surface area contributed by atoms with E-state index in [1.807, 2.05) is 25.1 Å². The normalized spacial score (nSPS) is 13.2. The van der Waals surface area contributed by atoms with Crippen molar-refractivity contribution in [1.29, 1.82) is 0 Å². The molecule has 2 aromatic rings. The maximum Gasteiger partial charge on any atom is 0.220 e. The maximum absolute atomic E-state index is 5.66. The van der Waals surface area contributed by atoms with Crippen molar-refractivity contribution in [3.63, 3.8) is 0 Å². The van der Waals surface area contributed by atoms with Crippen LogP contribution in [0.15, 0.2) is 24.3 Å². The van der Waals surface area contributed by atoms with E-state index in [1.165, 1.54) is 5.56 Å². The molecule has 2 heterocycles. The Morgan fingerprint density at radius 2 is 2.12 bits per heavy atom. The van der Waals surface area contributed by atoms with Crippen LogP contribution < -0.4 is 10.5 Å². The molecule has 17 heavy (non-hydrogen) atoms. The third-order valence-corrected chi connectivity index (χ3v) is 2.86. The van der Waals surface area contributed by atoms with Gasteiger partial charge in [0, 0.05) is 17.7 Å². The number of benzene rings is 1. The molecule has 0 aliphatic carbocycles. The number of rotatable bonds is 1. The van der Waals surface area contributed by atoms with Gasteiger partial charge in [-0.25, -0.2) is 9.97 Å². The fourth-order valence-corrected chi connectivity index (χ4v) is 2.09. The summed E-state index contributed by atoms with van der Waals surface area (Å²) < 4.78 is 5.48. The average molecular weight is 227 g/mol. The number of hydrogen-bond acceptors (Lipinski definition) is 4. The van der Waals surface area contributed by atoms with Crippen LogP contribution >= 0.6 is 0 Å². The molecule has 0 atom stereocenters. The summed E-state index contributed by atoms with van der Waals surface area (Å²) in [6, 6.07) is 8.05. The lowest BCUT2D eigenvalue weighted by molar-refractivity contribution is 0.357. The number of aromatic nitrogens is 2. The minimum absolute atomic E-state index is 0.316. The summed E-state index contributed by atoms with van der Waals surface area (Å²) in [5, 5.41) is 0. The molecule has 0 bridgehead atoms. The molecule has 0 saturated carbocycles. The quantitative estimate of drug-likeness (QED) is 0.809. The van der Waals surface area contributed by atoms with E-state index in [4.69, 9.17) is 10.5 Å². The fourth-order valence-electron chi connectivity index (χ4n) is 2.09. The summed E-state index contributed by atoms with van der Waals surface area (Å²) >= 11 is 0. The van der Waals surface area contributed by atoms with Gasteiger partial charge in [-0.05, 0) is 36.8 Å². The first-order valence-electron chi connectivity index (χ1n) is 5.59. The summed E-state index contributed by atoms with van der Waals surface area (Å²) in [4.78, 5) is 8.33. The van der Waals surface area contributed by atoms with Crippen LogP contribution in [0.3, 0.4) is 0 Å². The van der Waals surface area contributed by atoms with Gasteiger partial charge in [-0.1, -0.05) is 0 Å². The van der Waals surface area contributed by atoms with E-state index in [1.54, 1.807) is 0 Å². The molecule has 0 unspecified atom stereocenters. The number of hydrogen-bond donors (Lipinski definition) is 1. The van der Waals surface area contributed by atoms with Crippen LogP contribution in [0, 0.1) is 6.92 Å². The zero-order valence-electron chi connectivity index (χ0n) is 9.60. The van der Waals surface area contributed by atoms with Crippen molar-refractivity contribution in [3.05, 3.63) is 35.5 Å². The molecule has 0 saturated heterocycles. The number of fused-ring (bicyclic) bond motifs is 1. The van der Waals surface area contributed by atoms with E-state index in [2.05, 4.69) is 16.0 Å². The predicted octanol–water partition coefficient (Wildman–Crippen LogP) is 1.97. The van der Waals surface area contributed by atoms with E-state index in [9.17, 15) is 0 Å². The second-order valence-electron chi connectivity index (χ2n) is 4.17. The van der Waals surface area contributed by atoms with Gasteiger partial charge in [0.05, 0.1) is 12.3 Å². The third-order valence-electron chi connectivity index (χ3n) is 2.86. The van der Waals surface area contributed by atoms with Crippen molar-refractivity contribution >= 4 is 5.95 Å². The molecule has 0 spiro atoms. The van der Waals surface area contributed by atoms with Gasteiger partial charge in [0.1, 0.15) is 5.75 Å². The highest BCUT2D eigenvalue weighted by Gasteiger charge is 2.13. The van der Waals surface area contributed by atoms with Crippen LogP contribution in [-0.2, 0) is 6.42 Å². The van der Waals surface area contributed by atoms with E-state index in [0.717, 1.165) is 35.7 Å². The van der Waals surface area contributed by atoms with Crippen LogP contribution in [0.4, 0.5) is 5.95 Å². The Labute approximate surface area is 99.5 Å². The molecule has 4 nitrogen and oxygen atoms in total. The fraction of sp³-hybridized carbons (Fsp3) is 0.231. The van der Waals surface area contributed by atoms with Gasteiger partial charge in [0.25, 0.3) is 0 Å². The van der Waals surface area contributed by atoms with Crippen molar-refractivity contribution in [2.45, 2.75) is 13.3 Å². The van der Waals surface area contributed by atoms with E-state index < -0.39 is 0 Å². The summed E-state index contributed by atoms with van der Waals surface area (Å²) in [6.45, 7) is 2.68. The highest BCUT2D eigenvalue weighted by molar-refractivity contribution is 5.63. The lowest BCUT2D eigenvalue weighted by Gasteiger charge is -2.05. The minimum atomic E-state index is 0.316. The minimum Gasteiger partial charge on any atom is -0.493 e. The van der Waals surface area contributed by atoms with Crippen LogP contribution in [0.2, 0.25) is 0 Å². The molecule has 4 heteroatoms. The molecule has 0 radical (unpaired) electrons. The van der Waals surface area contributed by atoms with Crippen molar-refractivity contribution in [3.8, 4) is 17.0 Å². The van der Waals surface area contributed by atoms with E-state index in [0.29, 0.717) is 5.95 Å². The van der Waals surface area contributed by atoms with Crippen LogP contribution in [-0.4, -0.2) is 16.6 Å². The van der Waals surface area contributed by atoms with E-state index in [-0.39, 0.29) is 0 Å². The maximum atomic E-state index is 5.66. The Hall–Kier alpha value is -2.10. The smallest absolute Gasteiger partial charge is 0.220 e. The molecule has 1 aliphatic heterocycles. The molecular weight excluding hydrogens is 214 g/mol. The zero-order valence-corrected chi connectivity index (χ0v) is 9.60. The Kier molecular flexibility index (Phi) is 2.21. The van der Waals surface area contributed by atoms with Crippen molar-refractivity contribution in [2.24, 2.45) is 0 Å². The molecule has 0 fully saturated rings. The lowest BCUT2D eigenvalue weighted by Crippen LogP contribution is -1.98. The number of nitrogen functional groups attached to an aromatic ring is 1. The Morgan fingerprint density at radius 1 is 1.24 bits per heavy atom. The van der Waals surface area contributed by atoms with Crippen LogP contribution in [0.5, 0.6) is 5.75 Å². The predicted molar refractivity (Wildman–Crippen MR) is 65.8 cm³/mol. The Morgan fingerprint density at radius 3 is 2.94 bits per heavy atom. The first-order valence-corrected chi connectivity index (χ1v) is 5.59. The average Bonchev–Trinajstić information content (AvgIpc) is 2.74. The lowest BCUT2D eigenvalue weighted by atomic mass is 10.1. The second-order valence-corrected chi connectivity index (χ2v) is 4.17. The molecule has 2 N–H and O–H groups in total. The van der Waals surface area contributed by atoms with Gasteiger partial charge >= 0.3 is 0 Å². The van der Waals surface area contributed by atoms with Crippen molar-refractivity contribution < 1.29 is 4.74 Å². The van der Waals surface area contributed by atoms with Crippen LogP contribution in [0.1, 0.15) is 11.3 Å². The molecule has 1 aliphatic rings.